The van der Waals surface area contributed by atoms with E-state index >= 15 is 0 Å². The zero-order valence-corrected chi connectivity index (χ0v) is 19.8. The molecule has 0 aliphatic carbocycles. The van der Waals surface area contributed by atoms with Crippen molar-refractivity contribution in [3.8, 4) is 5.75 Å². The van der Waals surface area contributed by atoms with Crippen molar-refractivity contribution in [1.82, 2.24) is 9.97 Å². The van der Waals surface area contributed by atoms with E-state index in [1.807, 2.05) is 6.92 Å². The molecule has 0 spiro atoms. The number of Topliss-reactive ketones (excluding diaryl/α,β-unsaturated/α-hetero) is 2. The van der Waals surface area contributed by atoms with Crippen molar-refractivity contribution in [2.45, 2.75) is 33.2 Å². The van der Waals surface area contributed by atoms with Gasteiger partial charge in [0.05, 0.1) is 28.8 Å². The molecule has 0 saturated carbocycles. The van der Waals surface area contributed by atoms with Crippen molar-refractivity contribution in [1.29, 1.82) is 0 Å². The largest absolute Gasteiger partial charge is 0.507 e. The van der Waals surface area contributed by atoms with E-state index in [2.05, 4.69) is 9.97 Å². The van der Waals surface area contributed by atoms with Crippen LogP contribution in [-0.2, 0) is 9.59 Å². The fraction of sp³-hybridized carbons (Fsp3) is 0.240. The highest BCUT2D eigenvalue weighted by atomic mass is 32.1. The molecule has 1 fully saturated rings. The maximum Gasteiger partial charge on any atom is 0.301 e. The highest BCUT2D eigenvalue weighted by molar-refractivity contribution is 7.18. The van der Waals surface area contributed by atoms with Gasteiger partial charge in [0.2, 0.25) is 0 Å². The molecule has 1 saturated heterocycles. The van der Waals surface area contributed by atoms with E-state index in [1.165, 1.54) is 24.2 Å². The van der Waals surface area contributed by atoms with Gasteiger partial charge >= 0.3 is 5.91 Å². The summed E-state index contributed by atoms with van der Waals surface area (Å²) in [5, 5.41) is 11.3. The third kappa shape index (κ3) is 4.22. The third-order valence-corrected chi connectivity index (χ3v) is 6.61. The van der Waals surface area contributed by atoms with Gasteiger partial charge in [-0.1, -0.05) is 30.4 Å². The molecule has 174 valence electrons. The molecule has 0 radical (unpaired) electrons. The summed E-state index contributed by atoms with van der Waals surface area (Å²) in [5.74, 6) is -1.58. The van der Waals surface area contributed by atoms with E-state index in [-0.39, 0.29) is 22.2 Å². The fourth-order valence-electron chi connectivity index (χ4n) is 3.82. The van der Waals surface area contributed by atoms with E-state index in [0.717, 1.165) is 17.8 Å². The van der Waals surface area contributed by atoms with Crippen LogP contribution in [0, 0.1) is 6.92 Å². The second-order valence-corrected chi connectivity index (χ2v) is 8.77. The summed E-state index contributed by atoms with van der Waals surface area (Å²) in [6.07, 6.45) is 3.79. The van der Waals surface area contributed by atoms with E-state index in [4.69, 9.17) is 4.74 Å². The number of pyridine rings is 1. The first-order valence-corrected chi connectivity index (χ1v) is 11.6. The first-order chi connectivity index (χ1) is 16.3. The Kier molecular flexibility index (Phi) is 6.56. The van der Waals surface area contributed by atoms with Crippen LogP contribution in [0.1, 0.15) is 52.8 Å². The summed E-state index contributed by atoms with van der Waals surface area (Å²) >= 11 is 1.04. The Balaban J connectivity index is 1.92. The number of amides is 1. The van der Waals surface area contributed by atoms with E-state index in [0.29, 0.717) is 34.1 Å². The standard InChI is InChI=1S/C25H23N3O5S/c1-4-12-33-18-7-5-6-17(13-18)20-19(21(30)16-8-10-26-11-9-16)22(31)24(32)28(20)25-27-14(2)23(34-25)15(3)29/h5-11,13,20,30H,4,12H2,1-3H3/b21-19+. The van der Waals surface area contributed by atoms with Crippen molar-refractivity contribution in [2.75, 3.05) is 11.5 Å². The van der Waals surface area contributed by atoms with Crippen molar-refractivity contribution in [3.05, 3.63) is 76.1 Å². The van der Waals surface area contributed by atoms with Crippen molar-refractivity contribution in [2.24, 2.45) is 0 Å². The molecular weight excluding hydrogens is 454 g/mol. The molecule has 9 heteroatoms. The number of aliphatic hydroxyl groups is 1. The molecule has 3 heterocycles. The zero-order chi connectivity index (χ0) is 24.4. The maximum absolute atomic E-state index is 13.3. The lowest BCUT2D eigenvalue weighted by atomic mass is 9.95. The van der Waals surface area contributed by atoms with Crippen LogP contribution >= 0.6 is 11.3 Å². The van der Waals surface area contributed by atoms with Gasteiger partial charge in [0.15, 0.2) is 10.9 Å². The Bertz CT molecular complexity index is 1300. The quantitative estimate of drug-likeness (QED) is 0.231. The molecule has 34 heavy (non-hydrogen) atoms. The average Bonchev–Trinajstić information content (AvgIpc) is 3.35. The van der Waals surface area contributed by atoms with Gasteiger partial charge in [0.1, 0.15) is 11.5 Å². The number of aromatic nitrogens is 2. The molecule has 1 N–H and O–H groups in total. The van der Waals surface area contributed by atoms with Crippen LogP contribution in [0.25, 0.3) is 5.76 Å². The van der Waals surface area contributed by atoms with Gasteiger partial charge in [-0.05, 0) is 43.2 Å². The number of hydrogen-bond donors (Lipinski definition) is 1. The lowest BCUT2D eigenvalue weighted by molar-refractivity contribution is -0.132. The van der Waals surface area contributed by atoms with E-state index in [1.54, 1.807) is 43.3 Å². The Hall–Kier alpha value is -3.85. The highest BCUT2D eigenvalue weighted by Crippen LogP contribution is 2.44. The SMILES string of the molecule is CCCOc1cccc(C2/C(=C(\O)c3ccncc3)C(=O)C(=O)N2c2nc(C)c(C(C)=O)s2)c1. The summed E-state index contributed by atoms with van der Waals surface area (Å²) in [5.41, 5.74) is 1.33. The van der Waals surface area contributed by atoms with E-state index in [9.17, 15) is 19.5 Å². The second kappa shape index (κ2) is 9.56. The molecule has 1 atom stereocenters. The van der Waals surface area contributed by atoms with Gasteiger partial charge in [-0.25, -0.2) is 4.98 Å². The lowest BCUT2D eigenvalue weighted by Crippen LogP contribution is -2.29. The van der Waals surface area contributed by atoms with Crippen LogP contribution in [0.5, 0.6) is 5.75 Å². The molecule has 0 bridgehead atoms. The average molecular weight is 478 g/mol. The Morgan fingerprint density at radius 3 is 2.59 bits per heavy atom. The van der Waals surface area contributed by atoms with Gasteiger partial charge in [-0.3, -0.25) is 24.3 Å². The minimum Gasteiger partial charge on any atom is -0.507 e. The number of benzene rings is 1. The Morgan fingerprint density at radius 1 is 1.21 bits per heavy atom. The number of ketones is 2. The maximum atomic E-state index is 13.3. The fourth-order valence-corrected chi connectivity index (χ4v) is 4.81. The van der Waals surface area contributed by atoms with Crippen LogP contribution in [0.15, 0.2) is 54.4 Å². The molecule has 1 amide bonds. The number of aryl methyl sites for hydroxylation is 1. The predicted molar refractivity (Wildman–Crippen MR) is 128 cm³/mol. The molecule has 4 rings (SSSR count). The molecule has 1 aliphatic rings. The molecule has 1 aliphatic heterocycles. The normalized spacial score (nSPS) is 17.3. The second-order valence-electron chi connectivity index (χ2n) is 7.79. The number of thiazole rings is 1. The summed E-state index contributed by atoms with van der Waals surface area (Å²) in [6.45, 7) is 5.60. The lowest BCUT2D eigenvalue weighted by Gasteiger charge is -2.23. The number of anilines is 1. The number of nitrogens with zero attached hydrogens (tertiary/aromatic N) is 3. The minimum absolute atomic E-state index is 0.0685. The number of rotatable bonds is 7. The van der Waals surface area contributed by atoms with Gasteiger partial charge in [-0.15, -0.1) is 0 Å². The minimum atomic E-state index is -0.955. The van der Waals surface area contributed by atoms with Crippen LogP contribution in [-0.4, -0.2) is 39.2 Å². The zero-order valence-electron chi connectivity index (χ0n) is 18.9. The summed E-state index contributed by atoms with van der Waals surface area (Å²) < 4.78 is 5.75. The van der Waals surface area contributed by atoms with Crippen molar-refractivity contribution in [3.63, 3.8) is 0 Å². The molecule has 3 aromatic rings. The number of aliphatic hydroxyl groups excluding tert-OH is 1. The molecular formula is C25H23N3O5S. The van der Waals surface area contributed by atoms with Crippen molar-refractivity contribution >= 4 is 39.7 Å². The topological polar surface area (TPSA) is 110 Å². The van der Waals surface area contributed by atoms with Crippen LogP contribution in [0.2, 0.25) is 0 Å². The van der Waals surface area contributed by atoms with E-state index < -0.39 is 17.7 Å². The molecule has 1 aromatic carbocycles. The predicted octanol–water partition coefficient (Wildman–Crippen LogP) is 4.46. The summed E-state index contributed by atoms with van der Waals surface area (Å²) in [4.78, 5) is 48.5. The van der Waals surface area contributed by atoms with Gasteiger partial charge in [0, 0.05) is 24.9 Å². The highest BCUT2D eigenvalue weighted by Gasteiger charge is 2.48. The number of carbonyl (C=O) groups is 3. The van der Waals surface area contributed by atoms with Crippen LogP contribution < -0.4 is 9.64 Å². The first-order valence-electron chi connectivity index (χ1n) is 10.8. The molecule has 2 aromatic heterocycles. The molecule has 8 nitrogen and oxygen atoms in total. The number of ether oxygens (including phenoxy) is 1. The smallest absolute Gasteiger partial charge is 0.301 e. The Labute approximate surface area is 200 Å². The summed E-state index contributed by atoms with van der Waals surface area (Å²) in [6, 6.07) is 9.21. The van der Waals surface area contributed by atoms with Gasteiger partial charge in [-0.2, -0.15) is 0 Å². The summed E-state index contributed by atoms with van der Waals surface area (Å²) in [7, 11) is 0. The van der Waals surface area contributed by atoms with Crippen molar-refractivity contribution < 1.29 is 24.2 Å². The Morgan fingerprint density at radius 2 is 1.94 bits per heavy atom. The number of hydrogen-bond acceptors (Lipinski definition) is 8. The molecule has 1 unspecified atom stereocenters. The number of carbonyl (C=O) groups excluding carboxylic acids is 3. The van der Waals surface area contributed by atoms with Crippen LogP contribution in [0.4, 0.5) is 5.13 Å². The van der Waals surface area contributed by atoms with Gasteiger partial charge < -0.3 is 9.84 Å². The third-order valence-electron chi connectivity index (χ3n) is 5.36. The van der Waals surface area contributed by atoms with Crippen LogP contribution in [0.3, 0.4) is 0 Å². The van der Waals surface area contributed by atoms with Gasteiger partial charge in [0.25, 0.3) is 5.78 Å². The monoisotopic (exact) mass is 477 g/mol. The first kappa shape index (κ1) is 23.3.